The third-order valence-corrected chi connectivity index (χ3v) is 3.67. The van der Waals surface area contributed by atoms with E-state index in [0.29, 0.717) is 6.54 Å². The Balaban J connectivity index is 1.80. The molecular formula is C13H14ClN5O2. The number of hydrogen-bond acceptors (Lipinski definition) is 5. The monoisotopic (exact) mass is 307 g/mol. The number of halogens is 1. The number of benzene rings is 1. The van der Waals surface area contributed by atoms with Crippen molar-refractivity contribution in [2.75, 3.05) is 6.54 Å². The van der Waals surface area contributed by atoms with Gasteiger partial charge in [-0.05, 0) is 31.4 Å². The Hall–Kier alpha value is -1.99. The van der Waals surface area contributed by atoms with Gasteiger partial charge in [-0.3, -0.25) is 10.1 Å². The van der Waals surface area contributed by atoms with Gasteiger partial charge in [0.05, 0.1) is 21.8 Å². The van der Waals surface area contributed by atoms with Crippen molar-refractivity contribution in [3.05, 3.63) is 45.2 Å². The summed E-state index contributed by atoms with van der Waals surface area (Å²) >= 11 is 6.06. The smallest absolute Gasteiger partial charge is 0.296 e. The zero-order chi connectivity index (χ0) is 14.8. The van der Waals surface area contributed by atoms with E-state index in [1.165, 1.54) is 23.6 Å². The predicted molar refractivity (Wildman–Crippen MR) is 77.5 cm³/mol. The minimum absolute atomic E-state index is 0.0927. The summed E-state index contributed by atoms with van der Waals surface area (Å²) in [7, 11) is 0. The van der Waals surface area contributed by atoms with Crippen molar-refractivity contribution >= 4 is 17.3 Å². The highest BCUT2D eigenvalue weighted by Crippen LogP contribution is 2.29. The molecule has 1 heterocycles. The molecule has 1 aromatic heterocycles. The predicted octanol–water partition coefficient (Wildman–Crippen LogP) is 2.33. The van der Waals surface area contributed by atoms with Gasteiger partial charge in [-0.15, -0.1) is 5.10 Å². The molecule has 8 heteroatoms. The van der Waals surface area contributed by atoms with E-state index in [9.17, 15) is 10.1 Å². The highest BCUT2D eigenvalue weighted by molar-refractivity contribution is 6.32. The van der Waals surface area contributed by atoms with Gasteiger partial charge in [0.2, 0.25) is 0 Å². The van der Waals surface area contributed by atoms with Gasteiger partial charge in [-0.2, -0.15) is 0 Å². The summed E-state index contributed by atoms with van der Waals surface area (Å²) in [4.78, 5) is 10.6. The van der Waals surface area contributed by atoms with Crippen molar-refractivity contribution in [2.45, 2.75) is 19.4 Å². The Kier molecular flexibility index (Phi) is 3.85. The lowest BCUT2D eigenvalue weighted by Crippen LogP contribution is -2.16. The molecule has 1 aliphatic rings. The molecule has 0 spiro atoms. The van der Waals surface area contributed by atoms with E-state index >= 15 is 0 Å². The average Bonchev–Trinajstić information content (AvgIpc) is 3.16. The molecule has 1 aromatic carbocycles. The van der Waals surface area contributed by atoms with Crippen molar-refractivity contribution in [3.8, 4) is 5.69 Å². The molecule has 110 valence electrons. The van der Waals surface area contributed by atoms with Gasteiger partial charge in [0, 0.05) is 12.6 Å². The first-order chi connectivity index (χ1) is 10.1. The zero-order valence-corrected chi connectivity index (χ0v) is 12.0. The second-order valence-corrected chi connectivity index (χ2v) is 5.50. The van der Waals surface area contributed by atoms with E-state index in [0.717, 1.165) is 18.2 Å². The molecule has 0 atom stereocenters. The molecule has 1 N–H and O–H groups in total. The maximum absolute atomic E-state index is 11.1. The van der Waals surface area contributed by atoms with Gasteiger partial charge in [-0.25, -0.2) is 4.68 Å². The van der Waals surface area contributed by atoms with Crippen LogP contribution in [0.1, 0.15) is 18.5 Å². The second-order valence-electron chi connectivity index (χ2n) is 5.09. The highest BCUT2D eigenvalue weighted by Gasteiger charge is 2.21. The largest absolute Gasteiger partial charge is 0.311 e. The van der Waals surface area contributed by atoms with E-state index in [2.05, 4.69) is 15.6 Å². The van der Waals surface area contributed by atoms with Crippen LogP contribution < -0.4 is 5.32 Å². The van der Waals surface area contributed by atoms with E-state index in [1.807, 2.05) is 0 Å². The van der Waals surface area contributed by atoms with Crippen molar-refractivity contribution < 1.29 is 4.92 Å². The molecule has 0 bridgehead atoms. The Labute approximate surface area is 126 Å². The number of aromatic nitrogens is 3. The van der Waals surface area contributed by atoms with Crippen molar-refractivity contribution in [2.24, 2.45) is 5.92 Å². The first kappa shape index (κ1) is 14.0. The minimum atomic E-state index is -0.478. The lowest BCUT2D eigenvalue weighted by atomic mass is 10.2. The fourth-order valence-corrected chi connectivity index (χ4v) is 2.35. The summed E-state index contributed by atoms with van der Waals surface area (Å²) < 4.78 is 1.36. The molecule has 0 aliphatic heterocycles. The molecule has 1 saturated carbocycles. The van der Waals surface area contributed by atoms with E-state index in [1.54, 1.807) is 18.3 Å². The van der Waals surface area contributed by atoms with Gasteiger partial charge in [0.25, 0.3) is 5.69 Å². The number of nitrogens with zero attached hydrogens (tertiary/aromatic N) is 4. The van der Waals surface area contributed by atoms with E-state index < -0.39 is 4.92 Å². The number of hydrogen-bond donors (Lipinski definition) is 1. The van der Waals surface area contributed by atoms with Crippen LogP contribution in [-0.2, 0) is 6.54 Å². The van der Waals surface area contributed by atoms with Crippen LogP contribution in [0.3, 0.4) is 0 Å². The molecule has 21 heavy (non-hydrogen) atoms. The normalized spacial score (nSPS) is 14.3. The van der Waals surface area contributed by atoms with Crippen LogP contribution in [0.15, 0.2) is 24.4 Å². The Bertz CT molecular complexity index is 668. The molecule has 1 fully saturated rings. The van der Waals surface area contributed by atoms with Crippen molar-refractivity contribution in [1.82, 2.24) is 20.3 Å². The maximum Gasteiger partial charge on any atom is 0.296 e. The lowest BCUT2D eigenvalue weighted by molar-refractivity contribution is -0.384. The van der Waals surface area contributed by atoms with Gasteiger partial charge < -0.3 is 5.32 Å². The zero-order valence-electron chi connectivity index (χ0n) is 11.2. The maximum atomic E-state index is 11.1. The van der Waals surface area contributed by atoms with Gasteiger partial charge in [-0.1, -0.05) is 22.9 Å². The lowest BCUT2D eigenvalue weighted by Gasteiger charge is -2.03. The summed E-state index contributed by atoms with van der Waals surface area (Å²) in [5.41, 5.74) is 0.875. The molecule has 0 saturated heterocycles. The van der Waals surface area contributed by atoms with Gasteiger partial charge >= 0.3 is 0 Å². The Morgan fingerprint density at radius 3 is 3.00 bits per heavy atom. The first-order valence-corrected chi connectivity index (χ1v) is 7.08. The van der Waals surface area contributed by atoms with Crippen LogP contribution >= 0.6 is 11.6 Å². The van der Waals surface area contributed by atoms with Crippen LogP contribution in [0.5, 0.6) is 0 Å². The molecule has 2 aromatic rings. The Morgan fingerprint density at radius 1 is 1.48 bits per heavy atom. The van der Waals surface area contributed by atoms with Crippen molar-refractivity contribution in [3.63, 3.8) is 0 Å². The Morgan fingerprint density at radius 2 is 2.29 bits per heavy atom. The number of nitro groups is 1. The molecule has 7 nitrogen and oxygen atoms in total. The fourth-order valence-electron chi connectivity index (χ4n) is 2.09. The summed E-state index contributed by atoms with van der Waals surface area (Å²) in [6, 6.07) is 4.53. The minimum Gasteiger partial charge on any atom is -0.311 e. The summed E-state index contributed by atoms with van der Waals surface area (Å²) in [6.07, 6.45) is 4.23. The molecule has 3 rings (SSSR count). The quantitative estimate of drug-likeness (QED) is 0.654. The topological polar surface area (TPSA) is 85.9 Å². The molecule has 0 radical (unpaired) electrons. The summed E-state index contributed by atoms with van der Waals surface area (Å²) in [5.74, 6) is 0.782. The van der Waals surface area contributed by atoms with Crippen LogP contribution in [0, 0.1) is 16.0 Å². The summed E-state index contributed by atoms with van der Waals surface area (Å²) in [5, 5.41) is 22.6. The molecule has 1 aliphatic carbocycles. The standard InChI is InChI=1S/C13H14ClN5O2/c14-11-2-1-3-12(19(20)21)13(11)18-8-10(16-17-18)7-15-6-9-4-5-9/h1-3,8-9,15H,4-7H2. The van der Waals surface area contributed by atoms with E-state index in [-0.39, 0.29) is 16.4 Å². The summed E-state index contributed by atoms with van der Waals surface area (Å²) in [6.45, 7) is 1.56. The number of para-hydroxylation sites is 1. The average molecular weight is 308 g/mol. The van der Waals surface area contributed by atoms with Crippen molar-refractivity contribution in [1.29, 1.82) is 0 Å². The van der Waals surface area contributed by atoms with E-state index in [4.69, 9.17) is 11.6 Å². The molecular weight excluding hydrogens is 294 g/mol. The van der Waals surface area contributed by atoms with Crippen LogP contribution in [0.4, 0.5) is 5.69 Å². The van der Waals surface area contributed by atoms with Gasteiger partial charge in [0.1, 0.15) is 0 Å². The fraction of sp³-hybridized carbons (Fsp3) is 0.385. The SMILES string of the molecule is O=[N+]([O-])c1cccc(Cl)c1-n1cc(CNCC2CC2)nn1. The first-order valence-electron chi connectivity index (χ1n) is 6.70. The van der Waals surface area contributed by atoms with Crippen LogP contribution in [0.2, 0.25) is 5.02 Å². The van der Waals surface area contributed by atoms with Crippen LogP contribution in [0.25, 0.3) is 5.69 Å². The molecule has 0 unspecified atom stereocenters. The third kappa shape index (κ3) is 3.20. The number of rotatable bonds is 6. The number of nitro benzene ring substituents is 1. The number of nitrogens with one attached hydrogen (secondary N) is 1. The second kappa shape index (κ2) is 5.79. The third-order valence-electron chi connectivity index (χ3n) is 3.37. The van der Waals surface area contributed by atoms with Crippen LogP contribution in [-0.4, -0.2) is 26.5 Å². The highest BCUT2D eigenvalue weighted by atomic mass is 35.5. The molecule has 0 amide bonds. The van der Waals surface area contributed by atoms with Gasteiger partial charge in [0.15, 0.2) is 5.69 Å².